The molecule has 1 saturated heterocycles. The molecule has 2 aromatic heterocycles. The highest BCUT2D eigenvalue weighted by atomic mass is 16.6. The monoisotopic (exact) mass is 361 g/mol. The van der Waals surface area contributed by atoms with Crippen molar-refractivity contribution in [2.24, 2.45) is 7.05 Å². The second-order valence-electron chi connectivity index (χ2n) is 6.43. The summed E-state index contributed by atoms with van der Waals surface area (Å²) < 4.78 is 3.20. The van der Waals surface area contributed by atoms with Crippen LogP contribution in [0.1, 0.15) is 28.7 Å². The van der Waals surface area contributed by atoms with Gasteiger partial charge >= 0.3 is 5.69 Å². The molecule has 3 heterocycles. The number of piperazine rings is 1. The molecule has 0 N–H and O–H groups in total. The summed E-state index contributed by atoms with van der Waals surface area (Å²) in [5.74, 6) is -0.326. The Balaban J connectivity index is 1.66. The fraction of sp³-hybridized carbons (Fsp3) is 0.562. The predicted molar refractivity (Wildman–Crippen MR) is 93.7 cm³/mol. The van der Waals surface area contributed by atoms with Gasteiger partial charge in [0, 0.05) is 58.1 Å². The molecule has 0 spiro atoms. The number of nitro groups is 1. The summed E-state index contributed by atoms with van der Waals surface area (Å²) in [6.07, 6.45) is 3.16. The first kappa shape index (κ1) is 18.1. The molecule has 10 heteroatoms. The van der Waals surface area contributed by atoms with Crippen molar-refractivity contribution in [3.63, 3.8) is 0 Å². The van der Waals surface area contributed by atoms with E-state index in [0.717, 1.165) is 18.4 Å². The van der Waals surface area contributed by atoms with E-state index in [2.05, 4.69) is 15.1 Å². The standard InChI is InChI=1S/C16H23N7O3/c1-4-22-15(14(9-17-22)23(25)26)16(24)21-7-5-20(6-8-21)11-13-10-19(3)18-12(13)2/h9-10H,4-8,11H2,1-3H3. The molecule has 26 heavy (non-hydrogen) atoms. The van der Waals surface area contributed by atoms with Crippen LogP contribution >= 0.6 is 0 Å². The first-order valence-corrected chi connectivity index (χ1v) is 8.61. The number of carbonyl (C=O) groups excluding carboxylic acids is 1. The maximum atomic E-state index is 12.8. The number of nitrogens with zero attached hydrogens (tertiary/aromatic N) is 7. The van der Waals surface area contributed by atoms with Gasteiger partial charge in [-0.2, -0.15) is 10.2 Å². The van der Waals surface area contributed by atoms with E-state index in [-0.39, 0.29) is 17.3 Å². The summed E-state index contributed by atoms with van der Waals surface area (Å²) in [6, 6.07) is 0. The van der Waals surface area contributed by atoms with Crippen LogP contribution in [0.4, 0.5) is 5.69 Å². The van der Waals surface area contributed by atoms with Gasteiger partial charge in [-0.05, 0) is 13.8 Å². The maximum Gasteiger partial charge on any atom is 0.320 e. The van der Waals surface area contributed by atoms with E-state index in [1.165, 1.54) is 10.2 Å². The van der Waals surface area contributed by atoms with Crippen molar-refractivity contribution < 1.29 is 9.72 Å². The van der Waals surface area contributed by atoms with E-state index < -0.39 is 4.92 Å². The summed E-state index contributed by atoms with van der Waals surface area (Å²) >= 11 is 0. The van der Waals surface area contributed by atoms with E-state index >= 15 is 0 Å². The average Bonchev–Trinajstić information content (AvgIpc) is 3.18. The van der Waals surface area contributed by atoms with Crippen LogP contribution in [0.3, 0.4) is 0 Å². The van der Waals surface area contributed by atoms with Crippen LogP contribution in [0, 0.1) is 17.0 Å². The van der Waals surface area contributed by atoms with Crippen molar-refractivity contribution in [1.82, 2.24) is 29.4 Å². The Morgan fingerprint density at radius 2 is 2.00 bits per heavy atom. The number of amides is 1. The van der Waals surface area contributed by atoms with Crippen molar-refractivity contribution in [1.29, 1.82) is 0 Å². The topological polar surface area (TPSA) is 102 Å². The van der Waals surface area contributed by atoms with Gasteiger partial charge in [-0.15, -0.1) is 0 Å². The second kappa shape index (κ2) is 7.24. The van der Waals surface area contributed by atoms with Crippen LogP contribution in [0.5, 0.6) is 0 Å². The van der Waals surface area contributed by atoms with Crippen molar-refractivity contribution in [2.45, 2.75) is 26.9 Å². The van der Waals surface area contributed by atoms with E-state index in [4.69, 9.17) is 0 Å². The van der Waals surface area contributed by atoms with Gasteiger partial charge in [0.1, 0.15) is 6.20 Å². The summed E-state index contributed by atoms with van der Waals surface area (Å²) in [5.41, 5.74) is 2.01. The van der Waals surface area contributed by atoms with E-state index in [1.807, 2.05) is 27.1 Å². The Kier molecular flexibility index (Phi) is 5.03. The Hall–Kier alpha value is -2.75. The third-order valence-electron chi connectivity index (χ3n) is 4.69. The molecule has 0 aromatic carbocycles. The Morgan fingerprint density at radius 3 is 2.54 bits per heavy atom. The first-order chi connectivity index (χ1) is 12.4. The lowest BCUT2D eigenvalue weighted by molar-refractivity contribution is -0.385. The molecular weight excluding hydrogens is 338 g/mol. The average molecular weight is 361 g/mol. The van der Waals surface area contributed by atoms with Crippen LogP contribution < -0.4 is 0 Å². The zero-order chi connectivity index (χ0) is 18.8. The number of hydrogen-bond acceptors (Lipinski definition) is 6. The van der Waals surface area contributed by atoms with Crippen LogP contribution in [0.25, 0.3) is 0 Å². The molecule has 2 aromatic rings. The maximum absolute atomic E-state index is 12.8. The number of rotatable bonds is 5. The van der Waals surface area contributed by atoms with Crippen LogP contribution in [0.15, 0.2) is 12.4 Å². The zero-order valence-corrected chi connectivity index (χ0v) is 15.3. The molecule has 10 nitrogen and oxygen atoms in total. The van der Waals surface area contributed by atoms with Gasteiger partial charge in [0.25, 0.3) is 5.91 Å². The molecule has 1 amide bonds. The molecule has 3 rings (SSSR count). The lowest BCUT2D eigenvalue weighted by atomic mass is 10.2. The molecule has 1 aliphatic rings. The number of carbonyl (C=O) groups is 1. The Bertz CT molecular complexity index is 818. The number of aromatic nitrogens is 4. The minimum Gasteiger partial charge on any atom is -0.335 e. The summed E-state index contributed by atoms with van der Waals surface area (Å²) in [6.45, 7) is 7.49. The molecule has 0 radical (unpaired) electrons. The predicted octanol–water partition coefficient (Wildman–Crippen LogP) is 0.811. The SMILES string of the molecule is CCn1ncc([N+](=O)[O-])c1C(=O)N1CCN(Cc2cn(C)nc2C)CC1. The highest BCUT2D eigenvalue weighted by Crippen LogP contribution is 2.21. The lowest BCUT2D eigenvalue weighted by Crippen LogP contribution is -2.48. The quantitative estimate of drug-likeness (QED) is 0.577. The molecule has 1 aliphatic heterocycles. The molecule has 0 unspecified atom stereocenters. The van der Waals surface area contributed by atoms with Gasteiger partial charge in [0.15, 0.2) is 0 Å². The minimum atomic E-state index is -0.548. The molecular formula is C16H23N7O3. The van der Waals surface area contributed by atoms with Crippen molar-refractivity contribution >= 4 is 11.6 Å². The van der Waals surface area contributed by atoms with Crippen molar-refractivity contribution in [2.75, 3.05) is 26.2 Å². The third-order valence-corrected chi connectivity index (χ3v) is 4.69. The van der Waals surface area contributed by atoms with Gasteiger partial charge in [-0.25, -0.2) is 0 Å². The number of aryl methyl sites for hydroxylation is 3. The van der Waals surface area contributed by atoms with Crippen molar-refractivity contribution in [3.05, 3.63) is 39.5 Å². The fourth-order valence-electron chi connectivity index (χ4n) is 3.27. The van der Waals surface area contributed by atoms with Crippen LogP contribution in [-0.2, 0) is 20.1 Å². The smallest absolute Gasteiger partial charge is 0.320 e. The zero-order valence-electron chi connectivity index (χ0n) is 15.3. The van der Waals surface area contributed by atoms with Gasteiger partial charge in [0.2, 0.25) is 5.69 Å². The summed E-state index contributed by atoms with van der Waals surface area (Å²) in [4.78, 5) is 27.4. The molecule has 0 atom stereocenters. The molecule has 0 bridgehead atoms. The minimum absolute atomic E-state index is 0.0639. The second-order valence-corrected chi connectivity index (χ2v) is 6.43. The lowest BCUT2D eigenvalue weighted by Gasteiger charge is -2.34. The van der Waals surface area contributed by atoms with E-state index in [0.29, 0.717) is 32.7 Å². The summed E-state index contributed by atoms with van der Waals surface area (Å²) in [7, 11) is 1.90. The van der Waals surface area contributed by atoms with Gasteiger partial charge in [-0.1, -0.05) is 0 Å². The highest BCUT2D eigenvalue weighted by molar-refractivity contribution is 5.96. The van der Waals surface area contributed by atoms with Crippen molar-refractivity contribution in [3.8, 4) is 0 Å². The van der Waals surface area contributed by atoms with E-state index in [9.17, 15) is 14.9 Å². The van der Waals surface area contributed by atoms with Gasteiger partial charge < -0.3 is 4.90 Å². The van der Waals surface area contributed by atoms with Gasteiger partial charge in [-0.3, -0.25) is 29.2 Å². The first-order valence-electron chi connectivity index (χ1n) is 8.61. The third kappa shape index (κ3) is 3.45. The highest BCUT2D eigenvalue weighted by Gasteiger charge is 2.31. The Morgan fingerprint density at radius 1 is 1.31 bits per heavy atom. The fourth-order valence-corrected chi connectivity index (χ4v) is 3.27. The van der Waals surface area contributed by atoms with E-state index in [1.54, 1.807) is 9.58 Å². The molecule has 0 saturated carbocycles. The molecule has 0 aliphatic carbocycles. The molecule has 1 fully saturated rings. The number of hydrogen-bond donors (Lipinski definition) is 0. The van der Waals surface area contributed by atoms with Gasteiger partial charge in [0.05, 0.1) is 10.6 Å². The Labute approximate surface area is 151 Å². The molecule has 140 valence electrons. The largest absolute Gasteiger partial charge is 0.335 e. The van der Waals surface area contributed by atoms with Crippen LogP contribution in [-0.4, -0.2) is 66.4 Å². The normalized spacial score (nSPS) is 15.4. The van der Waals surface area contributed by atoms with Crippen LogP contribution in [0.2, 0.25) is 0 Å². The summed E-state index contributed by atoms with van der Waals surface area (Å²) in [5, 5.41) is 19.5.